The highest BCUT2D eigenvalue weighted by Crippen LogP contribution is 2.18. The zero-order valence-corrected chi connectivity index (χ0v) is 17.1. The van der Waals surface area contributed by atoms with Gasteiger partial charge in [0, 0.05) is 30.1 Å². The van der Waals surface area contributed by atoms with E-state index in [2.05, 4.69) is 20.1 Å². The molecule has 3 heterocycles. The lowest BCUT2D eigenvalue weighted by Gasteiger charge is -2.16. The second-order valence-electron chi connectivity index (χ2n) is 7.65. The summed E-state index contributed by atoms with van der Waals surface area (Å²) in [5, 5.41) is 7.37. The monoisotopic (exact) mass is 405 g/mol. The Hall–Kier alpha value is -3.32. The smallest absolute Gasteiger partial charge is 0.258 e. The summed E-state index contributed by atoms with van der Waals surface area (Å²) >= 11 is 0. The molecule has 0 amide bonds. The molecule has 0 unspecified atom stereocenters. The molecule has 0 spiro atoms. The Balaban J connectivity index is 1.33. The Morgan fingerprint density at radius 2 is 1.93 bits per heavy atom. The number of hydrogen-bond donors (Lipinski definition) is 1. The first-order valence-electron chi connectivity index (χ1n) is 9.96. The van der Waals surface area contributed by atoms with Crippen molar-refractivity contribution in [2.24, 2.45) is 0 Å². The molecule has 0 fully saturated rings. The minimum absolute atomic E-state index is 0.0575. The van der Waals surface area contributed by atoms with Crippen molar-refractivity contribution >= 4 is 5.65 Å². The number of H-pyrrole nitrogens is 1. The Kier molecular flexibility index (Phi) is 5.72. The SMILES string of the molecule is Cc1ccc2nc(CN(C)CCCc3cc(-c4ccc(F)cc4)n[nH]3)cc(=O)n2c1. The first-order chi connectivity index (χ1) is 14.5. The van der Waals surface area contributed by atoms with Crippen molar-refractivity contribution in [1.82, 2.24) is 24.5 Å². The first kappa shape index (κ1) is 20.0. The number of aromatic amines is 1. The molecule has 1 N–H and O–H groups in total. The molecule has 3 aromatic heterocycles. The molecule has 4 rings (SSSR count). The lowest BCUT2D eigenvalue weighted by molar-refractivity contribution is 0.318. The summed E-state index contributed by atoms with van der Waals surface area (Å²) in [7, 11) is 2.02. The van der Waals surface area contributed by atoms with Crippen molar-refractivity contribution in [1.29, 1.82) is 0 Å². The normalized spacial score (nSPS) is 11.5. The van der Waals surface area contributed by atoms with Crippen molar-refractivity contribution in [3.8, 4) is 11.3 Å². The lowest BCUT2D eigenvalue weighted by Crippen LogP contribution is -2.23. The molecule has 30 heavy (non-hydrogen) atoms. The van der Waals surface area contributed by atoms with Gasteiger partial charge in [0.25, 0.3) is 5.56 Å². The molecule has 0 saturated heterocycles. The van der Waals surface area contributed by atoms with E-state index in [9.17, 15) is 9.18 Å². The molecule has 0 bridgehead atoms. The summed E-state index contributed by atoms with van der Waals surface area (Å²) in [6.45, 7) is 3.43. The van der Waals surface area contributed by atoms with Crippen molar-refractivity contribution < 1.29 is 4.39 Å². The van der Waals surface area contributed by atoms with Gasteiger partial charge in [-0.15, -0.1) is 0 Å². The van der Waals surface area contributed by atoms with Gasteiger partial charge >= 0.3 is 0 Å². The van der Waals surface area contributed by atoms with Crippen LogP contribution in [0.3, 0.4) is 0 Å². The van der Waals surface area contributed by atoms with Gasteiger partial charge < -0.3 is 4.90 Å². The molecule has 4 aromatic rings. The summed E-state index contributed by atoms with van der Waals surface area (Å²) < 4.78 is 14.6. The number of halogens is 1. The first-order valence-corrected chi connectivity index (χ1v) is 9.96. The fourth-order valence-electron chi connectivity index (χ4n) is 3.49. The molecule has 0 aliphatic heterocycles. The Morgan fingerprint density at radius 3 is 2.73 bits per heavy atom. The van der Waals surface area contributed by atoms with Crippen LogP contribution in [0.15, 0.2) is 59.5 Å². The maximum absolute atomic E-state index is 13.1. The standard InChI is InChI=1S/C23H24FN5O/c1-16-5-10-22-25-20(13-23(30)29(22)14-16)15-28(2)11-3-4-19-12-21(27-26-19)17-6-8-18(24)9-7-17/h5-10,12-14H,3-4,11,15H2,1-2H3,(H,26,27). The summed E-state index contributed by atoms with van der Waals surface area (Å²) in [5.74, 6) is -0.253. The number of nitrogens with one attached hydrogen (secondary N) is 1. The van der Waals surface area contributed by atoms with Crippen LogP contribution in [-0.4, -0.2) is 38.1 Å². The van der Waals surface area contributed by atoms with E-state index in [4.69, 9.17) is 0 Å². The van der Waals surface area contributed by atoms with Crippen LogP contribution in [0.5, 0.6) is 0 Å². The number of aromatic nitrogens is 4. The summed E-state index contributed by atoms with van der Waals surface area (Å²) in [6.07, 6.45) is 3.60. The van der Waals surface area contributed by atoms with E-state index in [1.54, 1.807) is 22.6 Å². The number of rotatable bonds is 7. The number of fused-ring (bicyclic) bond motifs is 1. The van der Waals surface area contributed by atoms with E-state index in [0.29, 0.717) is 12.2 Å². The molecule has 0 aliphatic carbocycles. The fourth-order valence-corrected chi connectivity index (χ4v) is 3.49. The molecule has 0 atom stereocenters. The summed E-state index contributed by atoms with van der Waals surface area (Å²) in [6, 6.07) is 13.8. The van der Waals surface area contributed by atoms with E-state index in [1.807, 2.05) is 38.4 Å². The van der Waals surface area contributed by atoms with Gasteiger partial charge in [0.1, 0.15) is 11.5 Å². The number of nitrogens with zero attached hydrogens (tertiary/aromatic N) is 4. The maximum Gasteiger partial charge on any atom is 0.258 e. The molecular formula is C23H24FN5O. The van der Waals surface area contributed by atoms with Crippen LogP contribution in [0.25, 0.3) is 16.9 Å². The van der Waals surface area contributed by atoms with Gasteiger partial charge in [-0.3, -0.25) is 14.3 Å². The zero-order valence-electron chi connectivity index (χ0n) is 17.1. The molecule has 0 radical (unpaired) electrons. The third kappa shape index (κ3) is 4.63. The predicted octanol–water partition coefficient (Wildman–Crippen LogP) is 3.60. The Bertz CT molecular complexity index is 1210. The maximum atomic E-state index is 13.1. The topological polar surface area (TPSA) is 66.3 Å². The molecule has 6 nitrogen and oxygen atoms in total. The lowest BCUT2D eigenvalue weighted by atomic mass is 10.1. The number of aryl methyl sites for hydroxylation is 2. The Labute approximate surface area is 174 Å². The molecule has 0 aliphatic rings. The van der Waals surface area contributed by atoms with E-state index in [1.165, 1.54) is 12.1 Å². The van der Waals surface area contributed by atoms with Crippen LogP contribution in [0.2, 0.25) is 0 Å². The largest absolute Gasteiger partial charge is 0.301 e. The second-order valence-corrected chi connectivity index (χ2v) is 7.65. The Morgan fingerprint density at radius 1 is 1.13 bits per heavy atom. The van der Waals surface area contributed by atoms with Gasteiger partial charge in [-0.25, -0.2) is 9.37 Å². The molecule has 0 saturated carbocycles. The quantitative estimate of drug-likeness (QED) is 0.510. The van der Waals surface area contributed by atoms with Crippen LogP contribution in [0.1, 0.15) is 23.4 Å². The third-order valence-electron chi connectivity index (χ3n) is 5.05. The van der Waals surface area contributed by atoms with E-state index in [0.717, 1.165) is 47.6 Å². The summed E-state index contributed by atoms with van der Waals surface area (Å²) in [4.78, 5) is 19.1. The van der Waals surface area contributed by atoms with Gasteiger partial charge in [0.15, 0.2) is 0 Å². The van der Waals surface area contributed by atoms with Crippen molar-refractivity contribution in [3.05, 3.63) is 87.9 Å². The van der Waals surface area contributed by atoms with Gasteiger partial charge in [-0.2, -0.15) is 5.10 Å². The number of pyridine rings is 1. The van der Waals surface area contributed by atoms with Crippen molar-refractivity contribution in [2.45, 2.75) is 26.3 Å². The summed E-state index contributed by atoms with van der Waals surface area (Å²) in [5.41, 5.74) is 5.15. The van der Waals surface area contributed by atoms with E-state index >= 15 is 0 Å². The minimum atomic E-state index is -0.253. The highest BCUT2D eigenvalue weighted by molar-refractivity contribution is 5.59. The molecule has 154 valence electrons. The minimum Gasteiger partial charge on any atom is -0.301 e. The van der Waals surface area contributed by atoms with Crippen LogP contribution >= 0.6 is 0 Å². The van der Waals surface area contributed by atoms with Gasteiger partial charge in [-0.1, -0.05) is 6.07 Å². The van der Waals surface area contributed by atoms with E-state index < -0.39 is 0 Å². The van der Waals surface area contributed by atoms with Gasteiger partial charge in [-0.05, 0) is 75.3 Å². The van der Waals surface area contributed by atoms with Crippen LogP contribution in [-0.2, 0) is 13.0 Å². The van der Waals surface area contributed by atoms with Crippen molar-refractivity contribution in [2.75, 3.05) is 13.6 Å². The fraction of sp³-hybridized carbons (Fsp3) is 0.261. The van der Waals surface area contributed by atoms with Gasteiger partial charge in [0.05, 0.1) is 11.4 Å². The third-order valence-corrected chi connectivity index (χ3v) is 5.05. The second kappa shape index (κ2) is 8.59. The van der Waals surface area contributed by atoms with Crippen LogP contribution in [0.4, 0.5) is 4.39 Å². The van der Waals surface area contributed by atoms with Crippen molar-refractivity contribution in [3.63, 3.8) is 0 Å². The highest BCUT2D eigenvalue weighted by atomic mass is 19.1. The van der Waals surface area contributed by atoms with Crippen LogP contribution in [0, 0.1) is 12.7 Å². The van der Waals surface area contributed by atoms with Gasteiger partial charge in [0.2, 0.25) is 0 Å². The molecular weight excluding hydrogens is 381 g/mol. The molecule has 1 aromatic carbocycles. The number of benzene rings is 1. The van der Waals surface area contributed by atoms with Crippen LogP contribution < -0.4 is 5.56 Å². The van der Waals surface area contributed by atoms with E-state index in [-0.39, 0.29) is 11.4 Å². The predicted molar refractivity (Wildman–Crippen MR) is 115 cm³/mol. The average Bonchev–Trinajstić information content (AvgIpc) is 3.18. The average molecular weight is 405 g/mol. The number of hydrogen-bond acceptors (Lipinski definition) is 4. The highest BCUT2D eigenvalue weighted by Gasteiger charge is 2.08. The zero-order chi connectivity index (χ0) is 21.1. The molecule has 7 heteroatoms.